The Kier molecular flexibility index (Phi) is 16.8. The molecule has 6 aliphatic heterocycles. The van der Waals surface area contributed by atoms with E-state index >= 15 is 0 Å². The molecule has 0 N–H and O–H groups in total. The zero-order valence-electron chi connectivity index (χ0n) is 68.0. The predicted octanol–water partition coefficient (Wildman–Crippen LogP) is 24.2. The molecule has 0 radical (unpaired) electrons. The van der Waals surface area contributed by atoms with E-state index in [1.807, 2.05) is 0 Å². The van der Waals surface area contributed by atoms with E-state index in [-0.39, 0.29) is 13.4 Å². The highest BCUT2D eigenvalue weighted by molar-refractivity contribution is 7.04. The molecule has 8 nitrogen and oxygen atoms in total. The quantitative estimate of drug-likeness (QED) is 0.0998. The number of rotatable bonds is 14. The van der Waals surface area contributed by atoms with Gasteiger partial charge < -0.3 is 38.9 Å². The van der Waals surface area contributed by atoms with Gasteiger partial charge in [-0.3, -0.25) is 0 Å². The molecular formula is C114H75B3N6O2. The molecule has 0 saturated carbocycles. The molecule has 0 spiro atoms. The van der Waals surface area contributed by atoms with Crippen LogP contribution in [0.1, 0.15) is 0 Å². The molecule has 0 fully saturated rings. The van der Waals surface area contributed by atoms with Gasteiger partial charge >= 0.3 is 0 Å². The Morgan fingerprint density at radius 3 is 1.15 bits per heavy atom. The second-order valence-electron chi connectivity index (χ2n) is 32.8. The van der Waals surface area contributed by atoms with Gasteiger partial charge in [0.05, 0.1) is 28.4 Å². The summed E-state index contributed by atoms with van der Waals surface area (Å²) in [7, 11) is 0. The normalized spacial score (nSPS) is 13.0. The Labute approximate surface area is 728 Å². The summed E-state index contributed by atoms with van der Waals surface area (Å²) < 4.78 is 16.2. The standard InChI is InChI=1S/C114H75B3N6O2/c1-10-39-76(40-11-1)87-57-28-33-64-96(87)119(82-51-22-7-23-52-82)85-69-102-109-103(70-85)122(97-65-34-29-58-88(97)77-41-12-2-13-42-77)99-67-36-30-61-91(99)115(109)94-73-95-101(74-100(94)121(102)84-55-26-9-27-56-84)123(113-89(78-43-14-3-15-44-78)59-38-60-90(113)79-45-16-4-17-46-79)105-75-108-112(114-111(105)116(95)93-63-32-37-68-106(93)125-114)117-92-62-31-35-66-98(92)120(83-53-24-8-25-54-83)104-71-86(72-107(124-108)110(104)117)118(80-47-18-5-19-48-80)81-49-20-6-21-50-81/h1-75H. The Morgan fingerprint density at radius 1 is 0.192 bits per heavy atom. The fourth-order valence-electron chi connectivity index (χ4n) is 20.9. The van der Waals surface area contributed by atoms with Crippen molar-refractivity contribution in [1.82, 2.24) is 0 Å². The molecule has 0 amide bonds. The summed E-state index contributed by atoms with van der Waals surface area (Å²) >= 11 is 0. The van der Waals surface area contributed by atoms with Crippen molar-refractivity contribution < 1.29 is 9.47 Å². The van der Waals surface area contributed by atoms with Crippen LogP contribution >= 0.6 is 0 Å². The van der Waals surface area contributed by atoms with Gasteiger partial charge in [-0.15, -0.1) is 0 Å². The number of ether oxygens (including phenoxy) is 2. The van der Waals surface area contributed by atoms with Crippen molar-refractivity contribution in [1.29, 1.82) is 0 Å². The minimum Gasteiger partial charge on any atom is -0.459 e. The van der Waals surface area contributed by atoms with Crippen molar-refractivity contribution in [3.63, 3.8) is 0 Å². The molecule has 0 bridgehead atoms. The Hall–Kier alpha value is -16.2. The van der Waals surface area contributed by atoms with Crippen LogP contribution in [-0.4, -0.2) is 20.1 Å². The highest BCUT2D eigenvalue weighted by atomic mass is 16.5. The van der Waals surface area contributed by atoms with E-state index in [2.05, 4.69) is 484 Å². The van der Waals surface area contributed by atoms with E-state index < -0.39 is 6.71 Å². The average molecular weight is 1590 g/mol. The van der Waals surface area contributed by atoms with Crippen LogP contribution in [0.4, 0.5) is 102 Å². The fourth-order valence-corrected chi connectivity index (χ4v) is 20.9. The monoisotopic (exact) mass is 1590 g/mol. The van der Waals surface area contributed by atoms with E-state index in [9.17, 15) is 0 Å². The van der Waals surface area contributed by atoms with Crippen molar-refractivity contribution in [2.75, 3.05) is 29.4 Å². The van der Waals surface area contributed by atoms with Gasteiger partial charge in [0.1, 0.15) is 23.0 Å². The first-order valence-corrected chi connectivity index (χ1v) is 43.1. The molecule has 19 aromatic rings. The SMILES string of the molecule is c1ccc(-c2ccccc2N(c2ccccc2)c2cc3c4c(c2)N(c2ccccc2-c2ccccc2)c2ccccc2B4c2cc4c(cc2N3c2ccccc2)N(c2c(-c3ccccc3)cccc2-c2ccccc2)c2cc3c(c5c2B4c2ccccc2O5)B2c4ccccc4N(c4ccccc4)c4cc(N(c5ccccc5)c5ccccc5)cc(c42)O3)cc1. The number of benzene rings is 19. The maximum absolute atomic E-state index is 8.15. The first-order valence-electron chi connectivity index (χ1n) is 43.1. The van der Waals surface area contributed by atoms with Gasteiger partial charge in [-0.05, 0) is 181 Å². The Morgan fingerprint density at radius 2 is 0.576 bits per heavy atom. The van der Waals surface area contributed by atoms with Crippen molar-refractivity contribution in [2.24, 2.45) is 0 Å². The number of fused-ring (bicyclic) bond motifs is 13. The summed E-state index contributed by atoms with van der Waals surface area (Å²) in [6.45, 7) is -1.10. The van der Waals surface area contributed by atoms with E-state index in [0.717, 1.165) is 197 Å². The van der Waals surface area contributed by atoms with Crippen LogP contribution in [-0.2, 0) is 0 Å². The third kappa shape index (κ3) is 11.4. The molecule has 6 heterocycles. The molecular weight excluding hydrogens is 1520 g/mol. The Bertz CT molecular complexity index is 7370. The first-order chi connectivity index (χ1) is 62.1. The number of hydrogen-bond acceptors (Lipinski definition) is 8. The van der Waals surface area contributed by atoms with E-state index in [1.54, 1.807) is 0 Å². The summed E-state index contributed by atoms with van der Waals surface area (Å²) in [5.74, 6) is 3.06. The Balaban J connectivity index is 0.807. The summed E-state index contributed by atoms with van der Waals surface area (Å²) in [5.41, 5.74) is 37.4. The van der Waals surface area contributed by atoms with Gasteiger partial charge in [0, 0.05) is 114 Å². The molecule has 0 unspecified atom stereocenters. The second-order valence-corrected chi connectivity index (χ2v) is 32.8. The molecule has 0 atom stereocenters. The lowest BCUT2D eigenvalue weighted by Crippen LogP contribution is -2.66. The average Bonchev–Trinajstić information content (AvgIpc) is 0.675. The molecule has 0 aromatic heterocycles. The predicted molar refractivity (Wildman–Crippen MR) is 523 cm³/mol. The lowest BCUT2D eigenvalue weighted by molar-refractivity contribution is 0.469. The van der Waals surface area contributed by atoms with E-state index in [0.29, 0.717) is 5.75 Å². The maximum Gasteiger partial charge on any atom is 0.261 e. The summed E-state index contributed by atoms with van der Waals surface area (Å²) in [6, 6.07) is 167. The molecule has 0 saturated heterocycles. The van der Waals surface area contributed by atoms with Crippen LogP contribution < -0.4 is 88.0 Å². The van der Waals surface area contributed by atoms with Crippen LogP contribution in [0, 0.1) is 0 Å². The number of hydrogen-bond donors (Lipinski definition) is 0. The first kappa shape index (κ1) is 71.7. The van der Waals surface area contributed by atoms with Gasteiger partial charge in [-0.2, -0.15) is 0 Å². The molecule has 0 aliphatic carbocycles. The molecule has 11 heteroatoms. The number of nitrogens with zero attached hydrogens (tertiary/aromatic N) is 6. The number of anilines is 18. The summed E-state index contributed by atoms with van der Waals surface area (Å²) in [6.07, 6.45) is 0. The van der Waals surface area contributed by atoms with Crippen molar-refractivity contribution >= 4 is 172 Å². The van der Waals surface area contributed by atoms with Crippen molar-refractivity contribution in [3.8, 4) is 67.5 Å². The summed E-state index contributed by atoms with van der Waals surface area (Å²) in [4.78, 5) is 15.1. The fraction of sp³-hybridized carbons (Fsp3) is 0. The lowest BCUT2D eigenvalue weighted by Gasteiger charge is -2.47. The largest absolute Gasteiger partial charge is 0.459 e. The van der Waals surface area contributed by atoms with E-state index in [1.165, 1.54) is 16.4 Å². The van der Waals surface area contributed by atoms with E-state index in [4.69, 9.17) is 9.47 Å². The smallest absolute Gasteiger partial charge is 0.261 e. The van der Waals surface area contributed by atoms with Gasteiger partial charge in [0.15, 0.2) is 0 Å². The van der Waals surface area contributed by atoms with Crippen LogP contribution in [0.15, 0.2) is 455 Å². The third-order valence-corrected chi connectivity index (χ3v) is 26.0. The van der Waals surface area contributed by atoms with Crippen LogP contribution in [0.3, 0.4) is 0 Å². The highest BCUT2D eigenvalue weighted by Gasteiger charge is 2.53. The minimum absolute atomic E-state index is 0.323. The molecule has 125 heavy (non-hydrogen) atoms. The molecule has 25 rings (SSSR count). The zero-order chi connectivity index (χ0) is 82.2. The molecule has 6 aliphatic rings. The minimum atomic E-state index is -0.394. The van der Waals surface area contributed by atoms with Gasteiger partial charge in [0.2, 0.25) is 0 Å². The van der Waals surface area contributed by atoms with Gasteiger partial charge in [0.25, 0.3) is 20.1 Å². The molecule has 582 valence electrons. The number of para-hydroxylation sites is 11. The maximum atomic E-state index is 8.15. The third-order valence-electron chi connectivity index (χ3n) is 26.0. The lowest BCUT2D eigenvalue weighted by atomic mass is 9.29. The topological polar surface area (TPSA) is 37.9 Å². The van der Waals surface area contributed by atoms with Crippen LogP contribution in [0.25, 0.3) is 44.5 Å². The summed E-state index contributed by atoms with van der Waals surface area (Å²) in [5, 5.41) is 0. The second kappa shape index (κ2) is 29.3. The zero-order valence-corrected chi connectivity index (χ0v) is 68.0. The van der Waals surface area contributed by atoms with Crippen LogP contribution in [0.5, 0.6) is 23.0 Å². The highest BCUT2D eigenvalue weighted by Crippen LogP contribution is 2.57. The van der Waals surface area contributed by atoms with Gasteiger partial charge in [-0.1, -0.05) is 328 Å². The molecule has 19 aromatic carbocycles. The van der Waals surface area contributed by atoms with Gasteiger partial charge in [-0.25, -0.2) is 0 Å². The van der Waals surface area contributed by atoms with Crippen molar-refractivity contribution in [2.45, 2.75) is 0 Å². The van der Waals surface area contributed by atoms with Crippen LogP contribution in [0.2, 0.25) is 0 Å². The van der Waals surface area contributed by atoms with Crippen molar-refractivity contribution in [3.05, 3.63) is 455 Å².